The van der Waals surface area contributed by atoms with Gasteiger partial charge in [0, 0.05) is 18.3 Å². The molecule has 2 aromatic rings. The minimum absolute atomic E-state index is 0.0332. The Kier molecular flexibility index (Phi) is 3.28. The third kappa shape index (κ3) is 2.37. The van der Waals surface area contributed by atoms with Crippen molar-refractivity contribution in [3.8, 4) is 17.3 Å². The monoisotopic (exact) mass is 387 g/mol. The number of nitrogens with one attached hydrogen (secondary N) is 1. The third-order valence-corrected chi connectivity index (χ3v) is 6.20. The van der Waals surface area contributed by atoms with Gasteiger partial charge in [0.2, 0.25) is 5.91 Å². The van der Waals surface area contributed by atoms with Gasteiger partial charge in [-0.05, 0) is 43.9 Å². The maximum Gasteiger partial charge on any atom is 0.433 e. The van der Waals surface area contributed by atoms with E-state index >= 15 is 0 Å². The van der Waals surface area contributed by atoms with E-state index in [-0.39, 0.29) is 17.4 Å². The van der Waals surface area contributed by atoms with Crippen LogP contribution < -0.4 is 5.32 Å². The van der Waals surface area contributed by atoms with Gasteiger partial charge >= 0.3 is 6.18 Å². The number of nitriles is 1. The molecular formula is C19H16F3N5O. The van der Waals surface area contributed by atoms with E-state index < -0.39 is 17.3 Å². The van der Waals surface area contributed by atoms with E-state index in [0.717, 1.165) is 18.0 Å². The predicted octanol–water partition coefficient (Wildman–Crippen LogP) is 3.22. The largest absolute Gasteiger partial charge is 0.433 e. The standard InChI is InChI=1S/C19H16F3N5O/c20-19(21,22)15-5-11(1-3-24-15)13-6-14-12(2-4-27(14)26-13)25-16(28)18-7-17(8-18,9-18)10-23/h1,3,5-6,12H,2,4,7-9H2,(H,25,28)/t12-,17?,18?/m0/s1. The number of pyridine rings is 1. The summed E-state index contributed by atoms with van der Waals surface area (Å²) < 4.78 is 40.4. The molecule has 28 heavy (non-hydrogen) atoms. The topological polar surface area (TPSA) is 83.6 Å². The zero-order valence-corrected chi connectivity index (χ0v) is 14.8. The molecule has 144 valence electrons. The van der Waals surface area contributed by atoms with Gasteiger partial charge in [0.25, 0.3) is 0 Å². The van der Waals surface area contributed by atoms with Crippen LogP contribution in [0.1, 0.15) is 43.1 Å². The second kappa shape index (κ2) is 5.34. The number of hydrogen-bond acceptors (Lipinski definition) is 4. The van der Waals surface area contributed by atoms with Gasteiger partial charge in [-0.15, -0.1) is 0 Å². The summed E-state index contributed by atoms with van der Waals surface area (Å²) >= 11 is 0. The van der Waals surface area contributed by atoms with Gasteiger partial charge in [-0.1, -0.05) is 0 Å². The van der Waals surface area contributed by atoms with E-state index in [1.807, 2.05) is 0 Å². The molecule has 0 aromatic carbocycles. The smallest absolute Gasteiger partial charge is 0.347 e. The van der Waals surface area contributed by atoms with Crippen LogP contribution in [0.2, 0.25) is 0 Å². The third-order valence-electron chi connectivity index (χ3n) is 6.20. The molecule has 4 aliphatic rings. The molecule has 2 bridgehead atoms. The van der Waals surface area contributed by atoms with Crippen LogP contribution in [0.25, 0.3) is 11.3 Å². The average Bonchev–Trinajstić information content (AvgIpc) is 3.14. The summed E-state index contributed by atoms with van der Waals surface area (Å²) in [6.45, 7) is 0.590. The molecule has 3 fully saturated rings. The molecular weight excluding hydrogens is 371 g/mol. The molecule has 1 N–H and O–H groups in total. The van der Waals surface area contributed by atoms with Crippen LogP contribution in [-0.4, -0.2) is 20.7 Å². The van der Waals surface area contributed by atoms with Crippen LogP contribution in [0.15, 0.2) is 24.4 Å². The van der Waals surface area contributed by atoms with Gasteiger partial charge < -0.3 is 5.32 Å². The Balaban J connectivity index is 1.34. The number of alkyl halides is 3. The molecule has 0 saturated heterocycles. The lowest BCUT2D eigenvalue weighted by molar-refractivity contribution is -0.186. The zero-order chi connectivity index (χ0) is 19.7. The van der Waals surface area contributed by atoms with Crippen molar-refractivity contribution in [1.82, 2.24) is 20.1 Å². The van der Waals surface area contributed by atoms with E-state index in [9.17, 15) is 18.0 Å². The quantitative estimate of drug-likeness (QED) is 0.877. The lowest BCUT2D eigenvalue weighted by atomic mass is 9.35. The van der Waals surface area contributed by atoms with Gasteiger partial charge in [0.1, 0.15) is 5.69 Å². The summed E-state index contributed by atoms with van der Waals surface area (Å²) in [6, 6.07) is 6.27. The number of aryl methyl sites for hydroxylation is 1. The van der Waals surface area contributed by atoms with Crippen LogP contribution >= 0.6 is 0 Å². The van der Waals surface area contributed by atoms with Crippen LogP contribution in [0, 0.1) is 22.2 Å². The predicted molar refractivity (Wildman–Crippen MR) is 90.3 cm³/mol. The molecule has 1 atom stereocenters. The highest BCUT2D eigenvalue weighted by Crippen LogP contribution is 2.73. The first-order chi connectivity index (χ1) is 13.2. The number of carbonyl (C=O) groups is 1. The summed E-state index contributed by atoms with van der Waals surface area (Å²) in [7, 11) is 0. The van der Waals surface area contributed by atoms with E-state index in [4.69, 9.17) is 5.26 Å². The van der Waals surface area contributed by atoms with Gasteiger partial charge in [0.15, 0.2) is 0 Å². The van der Waals surface area contributed by atoms with Crippen LogP contribution in [-0.2, 0) is 17.5 Å². The molecule has 6 rings (SSSR count). The number of amides is 1. The molecule has 1 aliphatic heterocycles. The van der Waals surface area contributed by atoms with Crippen molar-refractivity contribution in [3.05, 3.63) is 35.8 Å². The molecule has 2 aromatic heterocycles. The second-order valence-corrected chi connectivity index (χ2v) is 8.12. The maximum atomic E-state index is 12.9. The average molecular weight is 387 g/mol. The molecule has 1 amide bonds. The van der Waals surface area contributed by atoms with Crippen molar-refractivity contribution < 1.29 is 18.0 Å². The van der Waals surface area contributed by atoms with Crippen molar-refractivity contribution in [3.63, 3.8) is 0 Å². The van der Waals surface area contributed by atoms with Crippen LogP contribution in [0.3, 0.4) is 0 Å². The van der Waals surface area contributed by atoms with Gasteiger partial charge in [-0.3, -0.25) is 14.5 Å². The Morgan fingerprint density at radius 3 is 2.75 bits per heavy atom. The van der Waals surface area contributed by atoms with E-state index in [1.54, 1.807) is 10.7 Å². The number of nitrogens with zero attached hydrogens (tertiary/aromatic N) is 4. The zero-order valence-electron chi connectivity index (χ0n) is 14.8. The fraction of sp³-hybridized carbons (Fsp3) is 0.474. The fourth-order valence-corrected chi connectivity index (χ4v) is 4.78. The minimum atomic E-state index is -4.52. The SMILES string of the molecule is N#CC12CC(C(=O)N[C@H]3CCn4nc(-c5ccnc(C(F)(F)F)c5)cc43)(C1)C2. The lowest BCUT2D eigenvalue weighted by Gasteiger charge is -2.65. The Hall–Kier alpha value is -2.89. The first-order valence-corrected chi connectivity index (χ1v) is 9.07. The molecule has 6 nitrogen and oxygen atoms in total. The normalized spacial score (nSPS) is 30.0. The summed E-state index contributed by atoms with van der Waals surface area (Å²) in [6.07, 6.45) is -0.837. The Labute approximate surface area is 158 Å². The van der Waals surface area contributed by atoms with Crippen LogP contribution in [0.4, 0.5) is 13.2 Å². The Bertz CT molecular complexity index is 1020. The molecule has 0 unspecified atom stereocenters. The van der Waals surface area contributed by atoms with Crippen molar-refractivity contribution in [2.45, 2.75) is 44.4 Å². The van der Waals surface area contributed by atoms with Crippen molar-refractivity contribution in [1.29, 1.82) is 5.26 Å². The highest BCUT2D eigenvalue weighted by molar-refractivity contribution is 5.87. The van der Waals surface area contributed by atoms with E-state index in [2.05, 4.69) is 21.5 Å². The number of aromatic nitrogens is 3. The van der Waals surface area contributed by atoms with E-state index in [0.29, 0.717) is 43.5 Å². The molecule has 0 spiro atoms. The van der Waals surface area contributed by atoms with Crippen molar-refractivity contribution in [2.24, 2.45) is 10.8 Å². The highest BCUT2D eigenvalue weighted by Gasteiger charge is 2.72. The summed E-state index contributed by atoms with van der Waals surface area (Å²) in [5.41, 5.74) is -0.105. The van der Waals surface area contributed by atoms with E-state index in [1.165, 1.54) is 6.07 Å². The Morgan fingerprint density at radius 1 is 1.32 bits per heavy atom. The summed E-state index contributed by atoms with van der Waals surface area (Å²) in [5, 5.41) is 16.6. The molecule has 0 radical (unpaired) electrons. The maximum absolute atomic E-state index is 12.9. The number of rotatable bonds is 3. The Morgan fingerprint density at radius 2 is 2.07 bits per heavy atom. The number of carbonyl (C=O) groups excluding carboxylic acids is 1. The fourth-order valence-electron chi connectivity index (χ4n) is 4.78. The summed E-state index contributed by atoms with van der Waals surface area (Å²) in [5.74, 6) is -0.0332. The number of halogens is 3. The van der Waals surface area contributed by atoms with Gasteiger partial charge in [-0.25, -0.2) is 0 Å². The van der Waals surface area contributed by atoms with Gasteiger partial charge in [-0.2, -0.15) is 23.5 Å². The molecule has 3 heterocycles. The molecule has 3 aliphatic carbocycles. The minimum Gasteiger partial charge on any atom is -0.347 e. The van der Waals surface area contributed by atoms with Crippen molar-refractivity contribution >= 4 is 5.91 Å². The summed E-state index contributed by atoms with van der Waals surface area (Å²) in [4.78, 5) is 16.0. The van der Waals surface area contributed by atoms with Crippen molar-refractivity contribution in [2.75, 3.05) is 0 Å². The van der Waals surface area contributed by atoms with Gasteiger partial charge in [0.05, 0.1) is 34.3 Å². The second-order valence-electron chi connectivity index (χ2n) is 8.12. The highest BCUT2D eigenvalue weighted by atomic mass is 19.4. The lowest BCUT2D eigenvalue weighted by Crippen LogP contribution is -2.67. The molecule has 3 saturated carbocycles. The molecule has 9 heteroatoms. The number of hydrogen-bond donors (Lipinski definition) is 1. The van der Waals surface area contributed by atoms with Crippen LogP contribution in [0.5, 0.6) is 0 Å². The first kappa shape index (κ1) is 17.2. The number of fused-ring (bicyclic) bond motifs is 1. The first-order valence-electron chi connectivity index (χ1n) is 9.07.